The molecule has 5 nitrogen and oxygen atoms in total. The largest absolute Gasteiger partial charge is 0.497 e. The standard InChI is InChI=1S/C16H22N2O3S/c1-12(22-15-6-4-14(21-3)5-7-15)16(20)18-10-8-17(9-11-18)13(2)19/h4-7,12H,8-11H2,1-3H3. The summed E-state index contributed by atoms with van der Waals surface area (Å²) in [6, 6.07) is 7.71. The number of hydrogen-bond acceptors (Lipinski definition) is 4. The van der Waals surface area contributed by atoms with E-state index in [2.05, 4.69) is 0 Å². The molecule has 2 rings (SSSR count). The highest BCUT2D eigenvalue weighted by atomic mass is 32.2. The second kappa shape index (κ2) is 7.54. The third kappa shape index (κ3) is 4.16. The summed E-state index contributed by atoms with van der Waals surface area (Å²) in [4.78, 5) is 28.5. The van der Waals surface area contributed by atoms with Crippen LogP contribution in [0.1, 0.15) is 13.8 Å². The molecule has 0 aliphatic carbocycles. The first-order chi connectivity index (χ1) is 10.5. The van der Waals surface area contributed by atoms with Crippen LogP contribution in [0.5, 0.6) is 5.75 Å². The number of carbonyl (C=O) groups excluding carboxylic acids is 2. The molecule has 1 atom stereocenters. The molecule has 1 aromatic rings. The predicted molar refractivity (Wildman–Crippen MR) is 87.1 cm³/mol. The van der Waals surface area contributed by atoms with Crippen molar-refractivity contribution in [3.8, 4) is 5.75 Å². The van der Waals surface area contributed by atoms with Crippen molar-refractivity contribution in [2.45, 2.75) is 24.0 Å². The zero-order valence-electron chi connectivity index (χ0n) is 13.2. The molecule has 1 aliphatic rings. The molecule has 1 saturated heterocycles. The summed E-state index contributed by atoms with van der Waals surface area (Å²) in [5, 5.41) is -0.141. The third-order valence-corrected chi connectivity index (χ3v) is 4.86. The number of ether oxygens (including phenoxy) is 1. The number of hydrogen-bond donors (Lipinski definition) is 0. The average molecular weight is 322 g/mol. The van der Waals surface area contributed by atoms with Gasteiger partial charge in [-0.1, -0.05) is 0 Å². The Kier molecular flexibility index (Phi) is 5.71. The number of amides is 2. The highest BCUT2D eigenvalue weighted by Gasteiger charge is 2.26. The maximum atomic E-state index is 12.5. The van der Waals surface area contributed by atoms with Gasteiger partial charge in [0.15, 0.2) is 0 Å². The predicted octanol–water partition coefficient (Wildman–Crippen LogP) is 1.87. The van der Waals surface area contributed by atoms with E-state index in [1.165, 1.54) is 0 Å². The van der Waals surface area contributed by atoms with E-state index >= 15 is 0 Å². The van der Waals surface area contributed by atoms with Crippen LogP contribution in [0.25, 0.3) is 0 Å². The number of carbonyl (C=O) groups is 2. The number of nitrogens with zero attached hydrogens (tertiary/aromatic N) is 2. The fraction of sp³-hybridized carbons (Fsp3) is 0.500. The molecule has 1 fully saturated rings. The summed E-state index contributed by atoms with van der Waals surface area (Å²) >= 11 is 1.54. The molecule has 1 unspecified atom stereocenters. The minimum Gasteiger partial charge on any atom is -0.497 e. The minimum atomic E-state index is -0.141. The number of rotatable bonds is 4. The van der Waals surface area contributed by atoms with Crippen LogP contribution in [0.15, 0.2) is 29.2 Å². The zero-order valence-corrected chi connectivity index (χ0v) is 14.1. The molecule has 2 amide bonds. The lowest BCUT2D eigenvalue weighted by Gasteiger charge is -2.35. The van der Waals surface area contributed by atoms with Crippen LogP contribution < -0.4 is 4.74 Å². The maximum absolute atomic E-state index is 12.5. The van der Waals surface area contributed by atoms with Crippen LogP contribution in [0.3, 0.4) is 0 Å². The maximum Gasteiger partial charge on any atom is 0.235 e. The summed E-state index contributed by atoms with van der Waals surface area (Å²) in [6.45, 7) is 5.98. The van der Waals surface area contributed by atoms with Crippen molar-refractivity contribution in [2.24, 2.45) is 0 Å². The van der Waals surface area contributed by atoms with Crippen molar-refractivity contribution in [2.75, 3.05) is 33.3 Å². The topological polar surface area (TPSA) is 49.9 Å². The van der Waals surface area contributed by atoms with Crippen molar-refractivity contribution in [1.82, 2.24) is 9.80 Å². The fourth-order valence-electron chi connectivity index (χ4n) is 2.41. The molecule has 120 valence electrons. The molecule has 1 aliphatic heterocycles. The van der Waals surface area contributed by atoms with Gasteiger partial charge >= 0.3 is 0 Å². The van der Waals surface area contributed by atoms with E-state index in [0.29, 0.717) is 26.2 Å². The van der Waals surface area contributed by atoms with Gasteiger partial charge in [0.05, 0.1) is 12.4 Å². The van der Waals surface area contributed by atoms with Crippen LogP contribution in [0, 0.1) is 0 Å². The van der Waals surface area contributed by atoms with Crippen LogP contribution in [-0.2, 0) is 9.59 Å². The first-order valence-electron chi connectivity index (χ1n) is 7.36. The van der Waals surface area contributed by atoms with E-state index in [9.17, 15) is 9.59 Å². The molecule has 0 N–H and O–H groups in total. The number of benzene rings is 1. The second-order valence-corrected chi connectivity index (χ2v) is 6.68. The van der Waals surface area contributed by atoms with E-state index in [4.69, 9.17) is 4.74 Å². The normalized spacial score (nSPS) is 16.3. The van der Waals surface area contributed by atoms with Gasteiger partial charge in [-0.05, 0) is 31.2 Å². The second-order valence-electron chi connectivity index (χ2n) is 5.27. The first-order valence-corrected chi connectivity index (χ1v) is 8.24. The molecular formula is C16H22N2O3S. The van der Waals surface area contributed by atoms with Gasteiger partial charge in [-0.3, -0.25) is 9.59 Å². The van der Waals surface area contributed by atoms with Crippen molar-refractivity contribution in [3.05, 3.63) is 24.3 Å². The Balaban J connectivity index is 1.88. The Bertz CT molecular complexity index is 525. The lowest BCUT2D eigenvalue weighted by atomic mass is 10.3. The van der Waals surface area contributed by atoms with Crippen molar-refractivity contribution < 1.29 is 14.3 Å². The van der Waals surface area contributed by atoms with Gasteiger partial charge in [-0.25, -0.2) is 0 Å². The molecule has 22 heavy (non-hydrogen) atoms. The van der Waals surface area contributed by atoms with Gasteiger partial charge in [0.25, 0.3) is 0 Å². The van der Waals surface area contributed by atoms with E-state index in [1.807, 2.05) is 36.1 Å². The van der Waals surface area contributed by atoms with E-state index in [-0.39, 0.29) is 17.1 Å². The monoisotopic (exact) mass is 322 g/mol. The Morgan fingerprint density at radius 2 is 1.64 bits per heavy atom. The van der Waals surface area contributed by atoms with E-state index < -0.39 is 0 Å². The Hall–Kier alpha value is -1.69. The molecule has 1 heterocycles. The Morgan fingerprint density at radius 3 is 2.14 bits per heavy atom. The van der Waals surface area contributed by atoms with Crippen molar-refractivity contribution >= 4 is 23.6 Å². The Morgan fingerprint density at radius 1 is 1.09 bits per heavy atom. The third-order valence-electron chi connectivity index (χ3n) is 3.76. The summed E-state index contributed by atoms with van der Waals surface area (Å²) in [5.74, 6) is 1.01. The van der Waals surface area contributed by atoms with Crippen LogP contribution >= 0.6 is 11.8 Å². The quantitative estimate of drug-likeness (QED) is 0.794. The molecule has 0 spiro atoms. The van der Waals surface area contributed by atoms with Crippen LogP contribution in [0.2, 0.25) is 0 Å². The van der Waals surface area contributed by atoms with Gasteiger partial charge in [-0.15, -0.1) is 11.8 Å². The number of thioether (sulfide) groups is 1. The lowest BCUT2D eigenvalue weighted by Crippen LogP contribution is -2.51. The van der Waals surface area contributed by atoms with Crippen LogP contribution in [0.4, 0.5) is 0 Å². The van der Waals surface area contributed by atoms with Gasteiger partial charge in [-0.2, -0.15) is 0 Å². The van der Waals surface area contributed by atoms with Crippen molar-refractivity contribution in [1.29, 1.82) is 0 Å². The summed E-state index contributed by atoms with van der Waals surface area (Å²) in [5.41, 5.74) is 0. The SMILES string of the molecule is COc1ccc(SC(C)C(=O)N2CCN(C(C)=O)CC2)cc1. The van der Waals surface area contributed by atoms with Crippen molar-refractivity contribution in [3.63, 3.8) is 0 Å². The lowest BCUT2D eigenvalue weighted by molar-refractivity contribution is -0.137. The summed E-state index contributed by atoms with van der Waals surface area (Å²) in [6.07, 6.45) is 0. The number of methoxy groups -OCH3 is 1. The van der Waals surface area contributed by atoms with Gasteiger partial charge in [0.2, 0.25) is 11.8 Å². The molecule has 1 aromatic carbocycles. The van der Waals surface area contributed by atoms with E-state index in [0.717, 1.165) is 10.6 Å². The Labute approximate surface area is 135 Å². The molecule has 0 bridgehead atoms. The van der Waals surface area contributed by atoms with Gasteiger partial charge in [0, 0.05) is 38.0 Å². The molecule has 0 saturated carbocycles. The molecule has 0 radical (unpaired) electrons. The first kappa shape index (κ1) is 16.7. The molecule has 6 heteroatoms. The molecular weight excluding hydrogens is 300 g/mol. The minimum absolute atomic E-state index is 0.0766. The van der Waals surface area contributed by atoms with E-state index in [1.54, 1.807) is 30.7 Å². The highest BCUT2D eigenvalue weighted by Crippen LogP contribution is 2.26. The number of piperazine rings is 1. The highest BCUT2D eigenvalue weighted by molar-refractivity contribution is 8.00. The summed E-state index contributed by atoms with van der Waals surface area (Å²) in [7, 11) is 1.63. The van der Waals surface area contributed by atoms with Gasteiger partial charge < -0.3 is 14.5 Å². The smallest absolute Gasteiger partial charge is 0.235 e. The zero-order chi connectivity index (χ0) is 16.1. The fourth-order valence-corrected chi connectivity index (χ4v) is 3.36. The average Bonchev–Trinajstić information content (AvgIpc) is 2.55. The van der Waals surface area contributed by atoms with Gasteiger partial charge in [0.1, 0.15) is 5.75 Å². The summed E-state index contributed by atoms with van der Waals surface area (Å²) < 4.78 is 5.13. The molecule has 0 aromatic heterocycles. The van der Waals surface area contributed by atoms with Crippen LogP contribution in [-0.4, -0.2) is 60.2 Å².